The number of hydrogen-bond acceptors (Lipinski definition) is 5. The van der Waals surface area contributed by atoms with Crippen molar-refractivity contribution in [2.75, 3.05) is 7.11 Å². The van der Waals surface area contributed by atoms with E-state index in [-0.39, 0.29) is 5.92 Å². The molecule has 0 aliphatic heterocycles. The van der Waals surface area contributed by atoms with E-state index in [1.165, 1.54) is 0 Å². The molecule has 1 unspecified atom stereocenters. The zero-order chi connectivity index (χ0) is 27.4. The van der Waals surface area contributed by atoms with Gasteiger partial charge in [0.05, 0.1) is 19.2 Å². The average Bonchev–Trinajstić information content (AvgIpc) is 3.53. The van der Waals surface area contributed by atoms with Crippen LogP contribution in [0.5, 0.6) is 5.75 Å². The molecule has 0 aliphatic carbocycles. The highest BCUT2D eigenvalue weighted by atomic mass is 16.5. The van der Waals surface area contributed by atoms with E-state index in [1.54, 1.807) is 14.0 Å². The Morgan fingerprint density at radius 1 is 1.00 bits per heavy atom. The number of H-pyrrole nitrogens is 1. The Morgan fingerprint density at radius 2 is 1.72 bits per heavy atom. The van der Waals surface area contributed by atoms with Crippen molar-refractivity contribution in [3.05, 3.63) is 113 Å². The quantitative estimate of drug-likeness (QED) is 0.238. The first-order chi connectivity index (χ1) is 18.8. The van der Waals surface area contributed by atoms with Crippen LogP contribution in [-0.4, -0.2) is 38.3 Å². The summed E-state index contributed by atoms with van der Waals surface area (Å²) in [5.74, 6) is 1.66. The van der Waals surface area contributed by atoms with Crippen LogP contribution < -0.4 is 16.2 Å². The number of primary amides is 1. The van der Waals surface area contributed by atoms with Gasteiger partial charge in [-0.3, -0.25) is 4.79 Å². The second-order valence-corrected chi connectivity index (χ2v) is 10.3. The molecular weight excluding hydrogens is 488 g/mol. The summed E-state index contributed by atoms with van der Waals surface area (Å²) < 4.78 is 7.51. The maximum atomic E-state index is 12.3. The van der Waals surface area contributed by atoms with Crippen LogP contribution in [0.1, 0.15) is 47.6 Å². The van der Waals surface area contributed by atoms with E-state index >= 15 is 0 Å². The molecule has 0 fully saturated rings. The fourth-order valence-electron chi connectivity index (χ4n) is 5.08. The standard InChI is InChI=1S/C31H34N6O2/c1-31(33,30(32)38)18-23(17-24-19-34-27-11-7-6-10-26(24)27)29-36-35-28(16-21-8-4-3-5-9-21)37(29)20-22-12-14-25(39-2)15-13-22/h3-15,19,23,34H,16-18,20,33H2,1-2H3,(H2,32,38)/t23?,31-/m0/s1. The van der Waals surface area contributed by atoms with Crippen LogP contribution in [0, 0.1) is 0 Å². The number of ether oxygens (including phenoxy) is 1. The summed E-state index contributed by atoms with van der Waals surface area (Å²) in [4.78, 5) is 15.7. The lowest BCUT2D eigenvalue weighted by atomic mass is 9.84. The number of aromatic amines is 1. The van der Waals surface area contributed by atoms with Crippen molar-refractivity contribution in [3.63, 3.8) is 0 Å². The van der Waals surface area contributed by atoms with Crippen molar-refractivity contribution in [2.45, 2.75) is 44.2 Å². The van der Waals surface area contributed by atoms with Crippen molar-refractivity contribution in [1.82, 2.24) is 19.7 Å². The van der Waals surface area contributed by atoms with Gasteiger partial charge in [-0.15, -0.1) is 10.2 Å². The van der Waals surface area contributed by atoms with E-state index in [4.69, 9.17) is 21.3 Å². The molecule has 0 bridgehead atoms. The Kier molecular flexibility index (Phi) is 7.47. The van der Waals surface area contributed by atoms with Gasteiger partial charge in [-0.05, 0) is 54.7 Å². The normalized spacial score (nSPS) is 13.7. The van der Waals surface area contributed by atoms with Crippen LogP contribution in [0.3, 0.4) is 0 Å². The first-order valence-corrected chi connectivity index (χ1v) is 13.1. The number of carbonyl (C=O) groups is 1. The maximum Gasteiger partial charge on any atom is 0.237 e. The predicted molar refractivity (Wildman–Crippen MR) is 153 cm³/mol. The molecule has 8 nitrogen and oxygen atoms in total. The van der Waals surface area contributed by atoms with Gasteiger partial charge in [0.2, 0.25) is 5.91 Å². The lowest BCUT2D eigenvalue weighted by Gasteiger charge is -2.27. The van der Waals surface area contributed by atoms with Crippen molar-refractivity contribution >= 4 is 16.8 Å². The number of para-hydroxylation sites is 1. The summed E-state index contributed by atoms with van der Waals surface area (Å²) in [5, 5.41) is 10.5. The Labute approximate surface area is 228 Å². The van der Waals surface area contributed by atoms with Gasteiger partial charge in [-0.25, -0.2) is 0 Å². The number of nitrogens with two attached hydrogens (primary N) is 2. The second-order valence-electron chi connectivity index (χ2n) is 10.3. The minimum Gasteiger partial charge on any atom is -0.497 e. The van der Waals surface area contributed by atoms with Gasteiger partial charge >= 0.3 is 0 Å². The largest absolute Gasteiger partial charge is 0.497 e. The van der Waals surface area contributed by atoms with Crippen LogP contribution >= 0.6 is 0 Å². The number of nitrogens with one attached hydrogen (secondary N) is 1. The molecule has 0 aliphatic rings. The Morgan fingerprint density at radius 3 is 2.44 bits per heavy atom. The minimum atomic E-state index is -1.22. The molecule has 0 saturated heterocycles. The topological polar surface area (TPSA) is 125 Å². The monoisotopic (exact) mass is 522 g/mol. The maximum absolute atomic E-state index is 12.3. The van der Waals surface area contributed by atoms with Gasteiger partial charge in [0.25, 0.3) is 0 Å². The predicted octanol–water partition coefficient (Wildman–Crippen LogP) is 4.33. The second kappa shape index (κ2) is 11.1. The van der Waals surface area contributed by atoms with E-state index in [0.717, 1.165) is 45.0 Å². The number of methoxy groups -OCH3 is 1. The molecule has 200 valence electrons. The van der Waals surface area contributed by atoms with Crippen LogP contribution in [0.4, 0.5) is 0 Å². The molecule has 5 rings (SSSR count). The molecule has 0 spiro atoms. The molecule has 2 heterocycles. The molecule has 8 heteroatoms. The van der Waals surface area contributed by atoms with Crippen molar-refractivity contribution in [3.8, 4) is 5.75 Å². The Hall–Kier alpha value is -4.43. The van der Waals surface area contributed by atoms with E-state index < -0.39 is 11.4 Å². The van der Waals surface area contributed by atoms with E-state index in [9.17, 15) is 4.79 Å². The molecule has 1 amide bonds. The third-order valence-electron chi connectivity index (χ3n) is 7.30. The number of fused-ring (bicyclic) bond motifs is 1. The lowest BCUT2D eigenvalue weighted by Crippen LogP contribution is -2.50. The third-order valence-corrected chi connectivity index (χ3v) is 7.30. The smallest absolute Gasteiger partial charge is 0.237 e. The zero-order valence-electron chi connectivity index (χ0n) is 22.3. The molecule has 0 saturated carbocycles. The van der Waals surface area contributed by atoms with Crippen molar-refractivity contribution < 1.29 is 9.53 Å². The number of benzene rings is 3. The summed E-state index contributed by atoms with van der Waals surface area (Å²) >= 11 is 0. The molecule has 3 aromatic carbocycles. The van der Waals surface area contributed by atoms with E-state index in [1.807, 2.05) is 60.8 Å². The number of carbonyl (C=O) groups excluding carboxylic acids is 1. The highest BCUT2D eigenvalue weighted by Crippen LogP contribution is 2.32. The molecule has 2 aromatic heterocycles. The van der Waals surface area contributed by atoms with E-state index in [0.29, 0.717) is 25.8 Å². The lowest BCUT2D eigenvalue weighted by molar-refractivity contribution is -0.122. The van der Waals surface area contributed by atoms with Crippen LogP contribution in [0.25, 0.3) is 10.9 Å². The summed E-state index contributed by atoms with van der Waals surface area (Å²) in [6, 6.07) is 26.4. The zero-order valence-corrected chi connectivity index (χ0v) is 22.3. The number of amides is 1. The van der Waals surface area contributed by atoms with Crippen LogP contribution in [-0.2, 0) is 24.2 Å². The molecule has 39 heavy (non-hydrogen) atoms. The molecular formula is C31H34N6O2. The molecule has 2 atom stereocenters. The Bertz CT molecular complexity index is 1550. The highest BCUT2D eigenvalue weighted by Gasteiger charge is 2.34. The summed E-state index contributed by atoms with van der Waals surface area (Å²) in [7, 11) is 1.66. The number of aromatic nitrogens is 4. The number of nitrogens with zero attached hydrogens (tertiary/aromatic N) is 3. The molecule has 0 radical (unpaired) electrons. The van der Waals surface area contributed by atoms with Crippen molar-refractivity contribution in [2.24, 2.45) is 11.5 Å². The first kappa shape index (κ1) is 26.2. The van der Waals surface area contributed by atoms with Gasteiger partial charge in [-0.1, -0.05) is 60.7 Å². The van der Waals surface area contributed by atoms with Crippen LogP contribution in [0.15, 0.2) is 85.1 Å². The van der Waals surface area contributed by atoms with Gasteiger partial charge in [0, 0.05) is 29.4 Å². The minimum absolute atomic E-state index is 0.207. The summed E-state index contributed by atoms with van der Waals surface area (Å²) in [5.41, 5.74) is 15.4. The fraction of sp³-hybridized carbons (Fsp3) is 0.258. The average molecular weight is 523 g/mol. The van der Waals surface area contributed by atoms with E-state index in [2.05, 4.69) is 38.9 Å². The van der Waals surface area contributed by atoms with Crippen molar-refractivity contribution in [1.29, 1.82) is 0 Å². The van der Waals surface area contributed by atoms with Gasteiger partial charge in [-0.2, -0.15) is 0 Å². The molecule has 5 N–H and O–H groups in total. The number of hydrogen-bond donors (Lipinski definition) is 3. The first-order valence-electron chi connectivity index (χ1n) is 13.1. The molecule has 5 aromatic rings. The van der Waals surface area contributed by atoms with Gasteiger partial charge in [0.15, 0.2) is 0 Å². The van der Waals surface area contributed by atoms with Crippen LogP contribution in [0.2, 0.25) is 0 Å². The number of rotatable bonds is 11. The summed E-state index contributed by atoms with van der Waals surface area (Å²) in [6.45, 7) is 2.25. The van der Waals surface area contributed by atoms with Gasteiger partial charge < -0.3 is 25.8 Å². The van der Waals surface area contributed by atoms with Gasteiger partial charge in [0.1, 0.15) is 17.4 Å². The fourth-order valence-corrected chi connectivity index (χ4v) is 5.08. The highest BCUT2D eigenvalue weighted by molar-refractivity contribution is 5.84. The third kappa shape index (κ3) is 5.86. The SMILES string of the molecule is COc1ccc(Cn2c(Cc3ccccc3)nnc2C(Cc2c[nH]c3ccccc23)C[C@](C)(N)C(N)=O)cc1. The summed E-state index contributed by atoms with van der Waals surface area (Å²) in [6.07, 6.45) is 3.59. The Balaban J connectivity index is 1.58.